The normalized spacial score (nSPS) is 10.6. The standard InChI is InChI=1S/C15H13ClN2O3/c1-21-13-7-3-5-11(14(13)19)9-17-18-15(20)10-4-2-6-12(16)8-10/h2-9,19H,1H3,(H,18,20)/b17-9+. The molecule has 0 spiro atoms. The fraction of sp³-hybridized carbons (Fsp3) is 0.0667. The van der Waals surface area contributed by atoms with Crippen LogP contribution in [0.3, 0.4) is 0 Å². The van der Waals surface area contributed by atoms with Crippen molar-refractivity contribution in [3.8, 4) is 11.5 Å². The molecule has 108 valence electrons. The van der Waals surface area contributed by atoms with Gasteiger partial charge in [-0.15, -0.1) is 0 Å². The molecule has 2 N–H and O–H groups in total. The number of methoxy groups -OCH3 is 1. The molecule has 6 heteroatoms. The molecule has 0 aliphatic rings. The van der Waals surface area contributed by atoms with E-state index in [-0.39, 0.29) is 5.75 Å². The molecule has 0 saturated carbocycles. The highest BCUT2D eigenvalue weighted by Crippen LogP contribution is 2.27. The minimum absolute atomic E-state index is 0.0410. The molecule has 0 atom stereocenters. The largest absolute Gasteiger partial charge is 0.504 e. The summed E-state index contributed by atoms with van der Waals surface area (Å²) in [5.74, 6) is -0.1000. The van der Waals surface area contributed by atoms with Crippen molar-refractivity contribution in [1.82, 2.24) is 5.43 Å². The summed E-state index contributed by atoms with van der Waals surface area (Å²) in [7, 11) is 1.46. The van der Waals surface area contributed by atoms with Crippen LogP contribution in [0, 0.1) is 0 Å². The summed E-state index contributed by atoms with van der Waals surface area (Å²) >= 11 is 5.81. The van der Waals surface area contributed by atoms with Crippen molar-refractivity contribution < 1.29 is 14.6 Å². The lowest BCUT2D eigenvalue weighted by molar-refractivity contribution is 0.0955. The number of aromatic hydroxyl groups is 1. The third-order valence-electron chi connectivity index (χ3n) is 2.71. The van der Waals surface area contributed by atoms with E-state index in [0.717, 1.165) is 0 Å². The minimum atomic E-state index is -0.392. The zero-order chi connectivity index (χ0) is 15.2. The molecule has 2 aromatic rings. The molecule has 0 aliphatic heterocycles. The second-order valence-electron chi connectivity index (χ2n) is 4.11. The number of ether oxygens (including phenoxy) is 1. The number of nitrogens with one attached hydrogen (secondary N) is 1. The Balaban J connectivity index is 2.07. The molecule has 0 heterocycles. The molecule has 2 aromatic carbocycles. The Hall–Kier alpha value is -2.53. The number of halogens is 1. The van der Waals surface area contributed by atoms with E-state index < -0.39 is 5.91 Å². The van der Waals surface area contributed by atoms with Crippen LogP contribution in [-0.4, -0.2) is 24.3 Å². The van der Waals surface area contributed by atoms with Gasteiger partial charge in [-0.2, -0.15) is 5.10 Å². The number of nitrogens with zero attached hydrogens (tertiary/aromatic N) is 1. The van der Waals surface area contributed by atoms with E-state index in [9.17, 15) is 9.90 Å². The van der Waals surface area contributed by atoms with Gasteiger partial charge in [0.05, 0.1) is 13.3 Å². The number of hydrogen-bond donors (Lipinski definition) is 2. The summed E-state index contributed by atoms with van der Waals surface area (Å²) in [5, 5.41) is 14.1. The van der Waals surface area contributed by atoms with Gasteiger partial charge < -0.3 is 9.84 Å². The van der Waals surface area contributed by atoms with Gasteiger partial charge in [-0.3, -0.25) is 4.79 Å². The fourth-order valence-electron chi connectivity index (χ4n) is 1.66. The lowest BCUT2D eigenvalue weighted by Gasteiger charge is -2.05. The van der Waals surface area contributed by atoms with E-state index >= 15 is 0 Å². The van der Waals surface area contributed by atoms with Crippen LogP contribution in [0.15, 0.2) is 47.6 Å². The van der Waals surface area contributed by atoms with Crippen LogP contribution in [-0.2, 0) is 0 Å². The van der Waals surface area contributed by atoms with Gasteiger partial charge in [0.2, 0.25) is 0 Å². The Morgan fingerprint density at radius 3 is 2.81 bits per heavy atom. The van der Waals surface area contributed by atoms with Gasteiger partial charge in [0.1, 0.15) is 0 Å². The summed E-state index contributed by atoms with van der Waals surface area (Å²) in [6.07, 6.45) is 1.33. The van der Waals surface area contributed by atoms with Crippen LogP contribution in [0.25, 0.3) is 0 Å². The molecule has 0 saturated heterocycles. The Bertz CT molecular complexity index is 686. The maximum atomic E-state index is 11.8. The minimum Gasteiger partial charge on any atom is -0.504 e. The van der Waals surface area contributed by atoms with Crippen molar-refractivity contribution in [2.75, 3.05) is 7.11 Å². The first-order valence-corrected chi connectivity index (χ1v) is 6.44. The highest BCUT2D eigenvalue weighted by Gasteiger charge is 2.06. The second kappa shape index (κ2) is 6.76. The maximum absolute atomic E-state index is 11.8. The average Bonchev–Trinajstić information content (AvgIpc) is 2.49. The van der Waals surface area contributed by atoms with Crippen molar-refractivity contribution in [2.24, 2.45) is 5.10 Å². The van der Waals surface area contributed by atoms with Crippen LogP contribution in [0.1, 0.15) is 15.9 Å². The third kappa shape index (κ3) is 3.73. The summed E-state index contributed by atoms with van der Waals surface area (Å²) < 4.78 is 4.98. The van der Waals surface area contributed by atoms with Gasteiger partial charge in [0.25, 0.3) is 5.91 Å². The van der Waals surface area contributed by atoms with Crippen LogP contribution < -0.4 is 10.2 Å². The molecule has 0 unspecified atom stereocenters. The maximum Gasteiger partial charge on any atom is 0.271 e. The van der Waals surface area contributed by atoms with Crippen molar-refractivity contribution in [3.63, 3.8) is 0 Å². The Labute approximate surface area is 126 Å². The van der Waals surface area contributed by atoms with Crippen molar-refractivity contribution in [1.29, 1.82) is 0 Å². The monoisotopic (exact) mass is 304 g/mol. The molecular formula is C15H13ClN2O3. The van der Waals surface area contributed by atoms with E-state index in [4.69, 9.17) is 16.3 Å². The third-order valence-corrected chi connectivity index (χ3v) is 2.94. The number of para-hydroxylation sites is 1. The number of phenolic OH excluding ortho intramolecular Hbond substituents is 1. The number of rotatable bonds is 4. The van der Waals surface area contributed by atoms with E-state index in [2.05, 4.69) is 10.5 Å². The lowest BCUT2D eigenvalue weighted by Crippen LogP contribution is -2.17. The zero-order valence-corrected chi connectivity index (χ0v) is 12.0. The topological polar surface area (TPSA) is 70.9 Å². The van der Waals surface area contributed by atoms with Crippen LogP contribution in [0.2, 0.25) is 5.02 Å². The first-order valence-electron chi connectivity index (χ1n) is 6.06. The zero-order valence-electron chi connectivity index (χ0n) is 11.2. The molecule has 0 radical (unpaired) electrons. The first kappa shape index (κ1) is 14.9. The molecule has 0 aromatic heterocycles. The quantitative estimate of drug-likeness (QED) is 0.674. The second-order valence-corrected chi connectivity index (χ2v) is 4.54. The van der Waals surface area contributed by atoms with Gasteiger partial charge in [0.15, 0.2) is 11.5 Å². The smallest absolute Gasteiger partial charge is 0.271 e. The summed E-state index contributed by atoms with van der Waals surface area (Å²) in [4.78, 5) is 11.8. The van der Waals surface area contributed by atoms with Crippen molar-refractivity contribution >= 4 is 23.7 Å². The Morgan fingerprint density at radius 1 is 1.33 bits per heavy atom. The number of carbonyl (C=O) groups excluding carboxylic acids is 1. The van der Waals surface area contributed by atoms with E-state index in [0.29, 0.717) is 21.9 Å². The predicted molar refractivity (Wildman–Crippen MR) is 81.2 cm³/mol. The first-order chi connectivity index (χ1) is 10.1. The molecular weight excluding hydrogens is 292 g/mol. The molecule has 5 nitrogen and oxygen atoms in total. The fourth-order valence-corrected chi connectivity index (χ4v) is 1.85. The average molecular weight is 305 g/mol. The van der Waals surface area contributed by atoms with Crippen molar-refractivity contribution in [3.05, 3.63) is 58.6 Å². The lowest BCUT2D eigenvalue weighted by atomic mass is 10.2. The van der Waals surface area contributed by atoms with E-state index in [1.807, 2.05) is 0 Å². The molecule has 1 amide bonds. The number of benzene rings is 2. The summed E-state index contributed by atoms with van der Waals surface area (Å²) in [6, 6.07) is 11.5. The molecule has 2 rings (SSSR count). The number of hydrogen-bond acceptors (Lipinski definition) is 4. The van der Waals surface area contributed by atoms with Crippen LogP contribution in [0.4, 0.5) is 0 Å². The number of carbonyl (C=O) groups is 1. The molecule has 21 heavy (non-hydrogen) atoms. The van der Waals surface area contributed by atoms with E-state index in [1.54, 1.807) is 36.4 Å². The van der Waals surface area contributed by atoms with Crippen LogP contribution >= 0.6 is 11.6 Å². The van der Waals surface area contributed by atoms with Gasteiger partial charge in [-0.1, -0.05) is 23.7 Å². The predicted octanol–water partition coefficient (Wildman–Crippen LogP) is 2.82. The number of amides is 1. The molecule has 0 bridgehead atoms. The van der Waals surface area contributed by atoms with Gasteiger partial charge >= 0.3 is 0 Å². The summed E-state index contributed by atoms with van der Waals surface area (Å²) in [5.41, 5.74) is 3.19. The highest BCUT2D eigenvalue weighted by atomic mass is 35.5. The Kier molecular flexibility index (Phi) is 4.79. The summed E-state index contributed by atoms with van der Waals surface area (Å²) in [6.45, 7) is 0. The van der Waals surface area contributed by atoms with Crippen molar-refractivity contribution in [2.45, 2.75) is 0 Å². The molecule has 0 aliphatic carbocycles. The number of hydrazone groups is 1. The molecule has 0 fully saturated rings. The van der Waals surface area contributed by atoms with Crippen LogP contribution in [0.5, 0.6) is 11.5 Å². The highest BCUT2D eigenvalue weighted by molar-refractivity contribution is 6.30. The SMILES string of the molecule is COc1cccc(/C=N/NC(=O)c2cccc(Cl)c2)c1O. The van der Waals surface area contributed by atoms with Gasteiger partial charge in [0, 0.05) is 16.1 Å². The van der Waals surface area contributed by atoms with E-state index in [1.165, 1.54) is 19.4 Å². The van der Waals surface area contributed by atoms with Gasteiger partial charge in [-0.25, -0.2) is 5.43 Å². The number of phenols is 1. The Morgan fingerprint density at radius 2 is 2.10 bits per heavy atom. The van der Waals surface area contributed by atoms with Gasteiger partial charge in [-0.05, 0) is 30.3 Å².